The smallest absolute Gasteiger partial charge is 0.105 e. The SMILES string of the molecule is CNC(Cc1cccc(Cl)c1)Cc1ccco1. The lowest BCUT2D eigenvalue weighted by Crippen LogP contribution is -2.29. The van der Waals surface area contributed by atoms with Gasteiger partial charge in [-0.25, -0.2) is 0 Å². The van der Waals surface area contributed by atoms with E-state index in [1.54, 1.807) is 6.26 Å². The molecule has 0 aliphatic heterocycles. The summed E-state index contributed by atoms with van der Waals surface area (Å²) in [7, 11) is 1.97. The second kappa shape index (κ2) is 5.89. The molecule has 1 aromatic heterocycles. The fourth-order valence-corrected chi connectivity index (χ4v) is 2.11. The third-order valence-corrected chi connectivity index (χ3v) is 3.04. The molecule has 1 heterocycles. The zero-order chi connectivity index (χ0) is 12.1. The van der Waals surface area contributed by atoms with Gasteiger partial charge in [-0.2, -0.15) is 0 Å². The van der Waals surface area contributed by atoms with Gasteiger partial charge in [-0.1, -0.05) is 23.7 Å². The molecule has 3 heteroatoms. The zero-order valence-corrected chi connectivity index (χ0v) is 10.6. The van der Waals surface area contributed by atoms with Crippen molar-refractivity contribution in [2.24, 2.45) is 0 Å². The summed E-state index contributed by atoms with van der Waals surface area (Å²) in [5, 5.41) is 4.09. The van der Waals surface area contributed by atoms with Gasteiger partial charge in [0.05, 0.1) is 6.26 Å². The molecule has 1 atom stereocenters. The van der Waals surface area contributed by atoms with Crippen molar-refractivity contribution < 1.29 is 4.42 Å². The molecule has 0 saturated heterocycles. The van der Waals surface area contributed by atoms with E-state index in [1.165, 1.54) is 5.56 Å². The van der Waals surface area contributed by atoms with Crippen molar-refractivity contribution in [1.82, 2.24) is 5.32 Å². The van der Waals surface area contributed by atoms with Gasteiger partial charge in [0.1, 0.15) is 5.76 Å². The van der Waals surface area contributed by atoms with Crippen LogP contribution in [0, 0.1) is 0 Å². The Morgan fingerprint density at radius 1 is 1.24 bits per heavy atom. The van der Waals surface area contributed by atoms with Crippen molar-refractivity contribution in [3.8, 4) is 0 Å². The number of hydrogen-bond donors (Lipinski definition) is 1. The number of nitrogens with one attached hydrogen (secondary N) is 1. The minimum absolute atomic E-state index is 0.361. The average Bonchev–Trinajstić information content (AvgIpc) is 2.81. The third kappa shape index (κ3) is 3.62. The van der Waals surface area contributed by atoms with Crippen LogP contribution >= 0.6 is 11.6 Å². The largest absolute Gasteiger partial charge is 0.469 e. The molecule has 0 amide bonds. The van der Waals surface area contributed by atoms with Crippen LogP contribution in [0.1, 0.15) is 11.3 Å². The van der Waals surface area contributed by atoms with Crippen molar-refractivity contribution in [2.45, 2.75) is 18.9 Å². The van der Waals surface area contributed by atoms with Crippen LogP contribution in [0.3, 0.4) is 0 Å². The van der Waals surface area contributed by atoms with E-state index in [-0.39, 0.29) is 0 Å². The summed E-state index contributed by atoms with van der Waals surface area (Å²) >= 11 is 5.98. The van der Waals surface area contributed by atoms with Crippen molar-refractivity contribution in [3.63, 3.8) is 0 Å². The van der Waals surface area contributed by atoms with Crippen molar-refractivity contribution >= 4 is 11.6 Å². The minimum atomic E-state index is 0.361. The van der Waals surface area contributed by atoms with E-state index in [0.717, 1.165) is 23.6 Å². The van der Waals surface area contributed by atoms with Crippen molar-refractivity contribution in [3.05, 3.63) is 59.0 Å². The second-order valence-electron chi connectivity index (χ2n) is 4.10. The summed E-state index contributed by atoms with van der Waals surface area (Å²) in [6.07, 6.45) is 3.54. The average molecular weight is 250 g/mol. The van der Waals surface area contributed by atoms with Gasteiger partial charge >= 0.3 is 0 Å². The van der Waals surface area contributed by atoms with Crippen LogP contribution in [0.15, 0.2) is 47.1 Å². The molecular formula is C14H16ClNO. The number of likely N-dealkylation sites (N-methyl/N-ethyl adjacent to an activating group) is 1. The number of halogens is 1. The standard InChI is InChI=1S/C14H16ClNO/c1-16-13(10-14-6-3-7-17-14)9-11-4-2-5-12(15)8-11/h2-8,13,16H,9-10H2,1H3. The molecule has 90 valence electrons. The fraction of sp³-hybridized carbons (Fsp3) is 0.286. The van der Waals surface area contributed by atoms with Crippen LogP contribution in [-0.4, -0.2) is 13.1 Å². The number of benzene rings is 1. The molecule has 0 bridgehead atoms. The van der Waals surface area contributed by atoms with E-state index in [0.29, 0.717) is 6.04 Å². The first-order chi connectivity index (χ1) is 8.28. The summed E-state index contributed by atoms with van der Waals surface area (Å²) in [5.74, 6) is 1.01. The van der Waals surface area contributed by atoms with E-state index in [4.69, 9.17) is 16.0 Å². The topological polar surface area (TPSA) is 25.2 Å². The van der Waals surface area contributed by atoms with Gasteiger partial charge in [0.15, 0.2) is 0 Å². The number of hydrogen-bond acceptors (Lipinski definition) is 2. The maximum Gasteiger partial charge on any atom is 0.105 e. The fourth-order valence-electron chi connectivity index (χ4n) is 1.90. The lowest BCUT2D eigenvalue weighted by molar-refractivity contribution is 0.456. The van der Waals surface area contributed by atoms with E-state index >= 15 is 0 Å². The normalized spacial score (nSPS) is 12.6. The van der Waals surface area contributed by atoms with E-state index in [1.807, 2.05) is 37.4 Å². The molecule has 0 aliphatic carbocycles. The lowest BCUT2D eigenvalue weighted by Gasteiger charge is -2.15. The maximum absolute atomic E-state index is 5.98. The Balaban J connectivity index is 2.00. The van der Waals surface area contributed by atoms with Gasteiger partial charge < -0.3 is 9.73 Å². The van der Waals surface area contributed by atoms with Crippen molar-refractivity contribution in [1.29, 1.82) is 0 Å². The molecule has 2 rings (SSSR count). The van der Waals surface area contributed by atoms with Crippen molar-refractivity contribution in [2.75, 3.05) is 7.05 Å². The van der Waals surface area contributed by atoms with Gasteiger partial charge in [0, 0.05) is 17.5 Å². The monoisotopic (exact) mass is 249 g/mol. The summed E-state index contributed by atoms with van der Waals surface area (Å²) < 4.78 is 5.36. The molecule has 2 aromatic rings. The molecule has 0 radical (unpaired) electrons. The highest BCUT2D eigenvalue weighted by molar-refractivity contribution is 6.30. The van der Waals surface area contributed by atoms with Crippen LogP contribution in [0.25, 0.3) is 0 Å². The maximum atomic E-state index is 5.98. The molecule has 2 nitrogen and oxygen atoms in total. The second-order valence-corrected chi connectivity index (χ2v) is 4.54. The molecule has 0 saturated carbocycles. The van der Waals surface area contributed by atoms with E-state index in [9.17, 15) is 0 Å². The highest BCUT2D eigenvalue weighted by Gasteiger charge is 2.10. The first kappa shape index (κ1) is 12.2. The molecule has 0 aliphatic rings. The first-order valence-corrected chi connectivity index (χ1v) is 6.10. The van der Waals surface area contributed by atoms with Crippen LogP contribution in [0.4, 0.5) is 0 Å². The Hall–Kier alpha value is -1.25. The van der Waals surface area contributed by atoms with Gasteiger partial charge in [0.2, 0.25) is 0 Å². The van der Waals surface area contributed by atoms with Gasteiger partial charge in [0.25, 0.3) is 0 Å². The Morgan fingerprint density at radius 3 is 2.76 bits per heavy atom. The summed E-state index contributed by atoms with van der Waals surface area (Å²) in [5.41, 5.74) is 1.24. The molecular weight excluding hydrogens is 234 g/mol. The zero-order valence-electron chi connectivity index (χ0n) is 9.82. The van der Waals surface area contributed by atoms with E-state index < -0.39 is 0 Å². The quantitative estimate of drug-likeness (QED) is 0.880. The van der Waals surface area contributed by atoms with Gasteiger partial charge in [-0.05, 0) is 43.3 Å². The first-order valence-electron chi connectivity index (χ1n) is 5.72. The highest BCUT2D eigenvalue weighted by atomic mass is 35.5. The van der Waals surface area contributed by atoms with Crippen LogP contribution in [0.2, 0.25) is 5.02 Å². The number of rotatable bonds is 5. The Morgan fingerprint density at radius 2 is 2.12 bits per heavy atom. The van der Waals surface area contributed by atoms with E-state index in [2.05, 4.69) is 11.4 Å². The predicted molar refractivity (Wildman–Crippen MR) is 70.4 cm³/mol. The highest BCUT2D eigenvalue weighted by Crippen LogP contribution is 2.14. The molecule has 17 heavy (non-hydrogen) atoms. The van der Waals surface area contributed by atoms with Crippen LogP contribution < -0.4 is 5.32 Å². The molecule has 0 fully saturated rings. The third-order valence-electron chi connectivity index (χ3n) is 2.81. The Kier molecular flexibility index (Phi) is 4.24. The summed E-state index contributed by atoms with van der Waals surface area (Å²) in [6.45, 7) is 0. The number of furan rings is 1. The van der Waals surface area contributed by atoms with Crippen LogP contribution in [0.5, 0.6) is 0 Å². The lowest BCUT2D eigenvalue weighted by atomic mass is 10.0. The van der Waals surface area contributed by atoms with Crippen LogP contribution in [-0.2, 0) is 12.8 Å². The van der Waals surface area contributed by atoms with Gasteiger partial charge in [-0.15, -0.1) is 0 Å². The minimum Gasteiger partial charge on any atom is -0.469 e. The summed E-state index contributed by atoms with van der Waals surface area (Å²) in [6, 6.07) is 12.3. The predicted octanol–water partition coefficient (Wildman–Crippen LogP) is 3.31. The van der Waals surface area contributed by atoms with Gasteiger partial charge in [-0.3, -0.25) is 0 Å². The molecule has 0 spiro atoms. The Bertz CT molecular complexity index is 453. The Labute approximate surface area is 107 Å². The molecule has 1 N–H and O–H groups in total. The molecule has 1 unspecified atom stereocenters. The summed E-state index contributed by atoms with van der Waals surface area (Å²) in [4.78, 5) is 0. The molecule has 1 aromatic carbocycles.